The molecule has 2 aromatic heterocycles. The molecule has 168 valence electrons. The molecular formula is C23H27N5O3S. The number of benzene rings is 1. The van der Waals surface area contributed by atoms with Gasteiger partial charge in [-0.05, 0) is 51.7 Å². The minimum Gasteiger partial charge on any atom is -0.460 e. The number of ether oxygens (including phenoxy) is 1. The fourth-order valence-corrected chi connectivity index (χ4v) is 4.85. The van der Waals surface area contributed by atoms with E-state index in [9.17, 15) is 4.79 Å². The Bertz CT molecular complexity index is 1040. The van der Waals surface area contributed by atoms with Crippen LogP contribution in [-0.2, 0) is 0 Å². The highest BCUT2D eigenvalue weighted by Crippen LogP contribution is 2.35. The summed E-state index contributed by atoms with van der Waals surface area (Å²) in [4.78, 5) is 26.3. The molecule has 0 bridgehead atoms. The highest BCUT2D eigenvalue weighted by atomic mass is 32.1. The van der Waals surface area contributed by atoms with Gasteiger partial charge in [0.15, 0.2) is 12.2 Å². The molecule has 0 spiro atoms. The van der Waals surface area contributed by atoms with Crippen LogP contribution in [0.15, 0.2) is 41.3 Å². The fourth-order valence-electron chi connectivity index (χ4n) is 4.19. The van der Waals surface area contributed by atoms with Crippen molar-refractivity contribution in [2.45, 2.75) is 57.7 Å². The smallest absolute Gasteiger partial charge is 0.330 e. The second kappa shape index (κ2) is 8.90. The van der Waals surface area contributed by atoms with E-state index in [0.717, 1.165) is 55.0 Å². The molecule has 2 fully saturated rings. The Kier molecular flexibility index (Phi) is 5.82. The van der Waals surface area contributed by atoms with Gasteiger partial charge in [0.05, 0.1) is 12.3 Å². The molecule has 1 saturated heterocycles. The van der Waals surface area contributed by atoms with Crippen LogP contribution >= 0.6 is 11.5 Å². The summed E-state index contributed by atoms with van der Waals surface area (Å²) >= 11 is 1.38. The number of carbonyl (C=O) groups is 1. The highest BCUT2D eigenvalue weighted by Gasteiger charge is 2.39. The number of rotatable bonds is 7. The highest BCUT2D eigenvalue weighted by molar-refractivity contribution is 7.09. The Labute approximate surface area is 191 Å². The molecule has 0 radical (unpaired) electrons. The number of oxazole rings is 1. The summed E-state index contributed by atoms with van der Waals surface area (Å²) in [5.41, 5.74) is 1.64. The summed E-state index contributed by atoms with van der Waals surface area (Å²) in [7, 11) is 0. The number of nitrogens with zero attached hydrogens (tertiary/aromatic N) is 5. The third kappa shape index (κ3) is 4.48. The van der Waals surface area contributed by atoms with Gasteiger partial charge in [-0.3, -0.25) is 4.79 Å². The summed E-state index contributed by atoms with van der Waals surface area (Å²) in [6.07, 6.45) is 7.19. The van der Waals surface area contributed by atoms with Crippen molar-refractivity contribution in [3.8, 4) is 17.3 Å². The largest absolute Gasteiger partial charge is 0.460 e. The van der Waals surface area contributed by atoms with Gasteiger partial charge >= 0.3 is 6.01 Å². The van der Waals surface area contributed by atoms with E-state index in [1.54, 1.807) is 6.20 Å². The summed E-state index contributed by atoms with van der Waals surface area (Å²) in [6.45, 7) is 5.67. The molecule has 1 amide bonds. The lowest BCUT2D eigenvalue weighted by Gasteiger charge is -2.38. The van der Waals surface area contributed by atoms with Crippen LogP contribution in [0.5, 0.6) is 6.01 Å². The van der Waals surface area contributed by atoms with Gasteiger partial charge in [0.25, 0.3) is 5.91 Å². The van der Waals surface area contributed by atoms with Crippen LogP contribution < -0.4 is 9.64 Å². The van der Waals surface area contributed by atoms with Gasteiger partial charge in [0, 0.05) is 47.8 Å². The van der Waals surface area contributed by atoms with Crippen LogP contribution in [0.4, 0.5) is 5.13 Å². The van der Waals surface area contributed by atoms with Gasteiger partial charge in [-0.25, -0.2) is 4.98 Å². The topological polar surface area (TPSA) is 84.6 Å². The van der Waals surface area contributed by atoms with Crippen LogP contribution in [0.25, 0.3) is 11.3 Å². The molecular weight excluding hydrogens is 426 g/mol. The van der Waals surface area contributed by atoms with Crippen LogP contribution in [0.2, 0.25) is 0 Å². The molecule has 1 aliphatic heterocycles. The van der Waals surface area contributed by atoms with E-state index in [1.807, 2.05) is 38.1 Å². The molecule has 3 heterocycles. The van der Waals surface area contributed by atoms with Crippen LogP contribution in [0.3, 0.4) is 0 Å². The number of aromatic nitrogens is 3. The first-order chi connectivity index (χ1) is 15.6. The number of hydrogen-bond donors (Lipinski definition) is 0. The number of amides is 1. The van der Waals surface area contributed by atoms with Crippen molar-refractivity contribution in [2.24, 2.45) is 0 Å². The predicted octanol–water partition coefficient (Wildman–Crippen LogP) is 4.25. The van der Waals surface area contributed by atoms with Gasteiger partial charge in [-0.15, -0.1) is 4.37 Å². The number of carbonyl (C=O) groups excluding carboxylic acids is 1. The second-order valence-corrected chi connectivity index (χ2v) is 9.36. The van der Waals surface area contributed by atoms with Crippen molar-refractivity contribution in [1.29, 1.82) is 0 Å². The standard InChI is InChI=1S/C23H27N5O3S/c1-15(2)31-22-25-23(32-26-22)27-11-9-19(10-12-27)28(18-7-8-18)21(29)17-5-3-16(4-6-17)20-13-24-14-30-20/h3-6,13-15,18-19H,7-12H2,1-2H3. The van der Waals surface area contributed by atoms with E-state index in [0.29, 0.717) is 17.8 Å². The summed E-state index contributed by atoms with van der Waals surface area (Å²) in [5, 5.41) is 0.895. The molecule has 1 saturated carbocycles. The Morgan fingerprint density at radius 1 is 1.16 bits per heavy atom. The average molecular weight is 454 g/mol. The van der Waals surface area contributed by atoms with Gasteiger partial charge in [0.1, 0.15) is 0 Å². The maximum Gasteiger partial charge on any atom is 0.330 e. The zero-order valence-electron chi connectivity index (χ0n) is 18.3. The molecule has 9 heteroatoms. The van der Waals surface area contributed by atoms with Crippen molar-refractivity contribution >= 4 is 22.6 Å². The van der Waals surface area contributed by atoms with E-state index in [2.05, 4.69) is 24.1 Å². The predicted molar refractivity (Wildman–Crippen MR) is 122 cm³/mol. The minimum atomic E-state index is 0.0612. The lowest BCUT2D eigenvalue weighted by atomic mass is 10.0. The van der Waals surface area contributed by atoms with Crippen LogP contribution in [0.1, 0.15) is 49.9 Å². The SMILES string of the molecule is CC(C)Oc1nsc(N2CCC(N(C(=O)c3ccc(-c4cnco4)cc3)C3CC3)CC2)n1. The van der Waals surface area contributed by atoms with E-state index < -0.39 is 0 Å². The maximum absolute atomic E-state index is 13.4. The molecule has 0 N–H and O–H groups in total. The number of anilines is 1. The van der Waals surface area contributed by atoms with Gasteiger partial charge < -0.3 is 19.0 Å². The lowest BCUT2D eigenvalue weighted by Crippen LogP contribution is -2.48. The van der Waals surface area contributed by atoms with E-state index >= 15 is 0 Å². The Morgan fingerprint density at radius 2 is 1.88 bits per heavy atom. The van der Waals surface area contributed by atoms with Crippen molar-refractivity contribution in [3.05, 3.63) is 42.4 Å². The Balaban J connectivity index is 1.24. The third-order valence-electron chi connectivity index (χ3n) is 5.89. The zero-order valence-corrected chi connectivity index (χ0v) is 19.1. The molecule has 0 atom stereocenters. The van der Waals surface area contributed by atoms with Crippen LogP contribution in [0, 0.1) is 0 Å². The molecule has 2 aliphatic rings. The van der Waals surface area contributed by atoms with Crippen molar-refractivity contribution < 1.29 is 13.9 Å². The first kappa shape index (κ1) is 20.9. The second-order valence-electron chi connectivity index (χ2n) is 8.63. The fraction of sp³-hybridized carbons (Fsp3) is 0.478. The van der Waals surface area contributed by atoms with Gasteiger partial charge in [0.2, 0.25) is 5.13 Å². The molecule has 3 aromatic rings. The third-order valence-corrected chi connectivity index (χ3v) is 6.65. The first-order valence-corrected chi connectivity index (χ1v) is 11.9. The summed E-state index contributed by atoms with van der Waals surface area (Å²) in [6, 6.07) is 8.69. The Morgan fingerprint density at radius 3 is 2.50 bits per heavy atom. The zero-order chi connectivity index (χ0) is 22.1. The number of hydrogen-bond acceptors (Lipinski definition) is 8. The molecule has 0 unspecified atom stereocenters. The summed E-state index contributed by atoms with van der Waals surface area (Å²) < 4.78 is 15.3. The normalized spacial score (nSPS) is 17.0. The van der Waals surface area contributed by atoms with Crippen molar-refractivity contribution in [3.63, 3.8) is 0 Å². The maximum atomic E-state index is 13.4. The Hall–Kier alpha value is -2.94. The molecule has 32 heavy (non-hydrogen) atoms. The number of piperidine rings is 1. The van der Waals surface area contributed by atoms with Crippen LogP contribution in [-0.4, -0.2) is 56.4 Å². The van der Waals surface area contributed by atoms with Gasteiger partial charge in [-0.2, -0.15) is 4.98 Å². The van der Waals surface area contributed by atoms with Crippen molar-refractivity contribution in [1.82, 2.24) is 19.2 Å². The molecule has 8 nitrogen and oxygen atoms in total. The molecule has 5 rings (SSSR count). The van der Waals surface area contributed by atoms with Gasteiger partial charge in [-0.1, -0.05) is 12.1 Å². The average Bonchev–Trinajstić information content (AvgIpc) is 3.27. The van der Waals surface area contributed by atoms with E-state index in [-0.39, 0.29) is 18.1 Å². The molecule has 1 aromatic carbocycles. The molecule has 1 aliphatic carbocycles. The first-order valence-electron chi connectivity index (χ1n) is 11.2. The quantitative estimate of drug-likeness (QED) is 0.529. The van der Waals surface area contributed by atoms with Crippen molar-refractivity contribution in [2.75, 3.05) is 18.0 Å². The minimum absolute atomic E-state index is 0.0612. The summed E-state index contributed by atoms with van der Waals surface area (Å²) in [5.74, 6) is 0.827. The monoisotopic (exact) mass is 453 g/mol. The van der Waals surface area contributed by atoms with E-state index in [1.165, 1.54) is 17.9 Å². The van der Waals surface area contributed by atoms with E-state index in [4.69, 9.17) is 9.15 Å². The lowest BCUT2D eigenvalue weighted by molar-refractivity contribution is 0.0630.